The maximum atomic E-state index is 14.2. The lowest BCUT2D eigenvalue weighted by molar-refractivity contribution is -0.128. The van der Waals surface area contributed by atoms with E-state index in [0.29, 0.717) is 12.1 Å². The van der Waals surface area contributed by atoms with Crippen molar-refractivity contribution in [2.75, 3.05) is 11.9 Å². The topological polar surface area (TPSA) is 74.7 Å². The first-order chi connectivity index (χ1) is 16.4. The first-order valence-corrected chi connectivity index (χ1v) is 12.0. The number of anilines is 1. The van der Waals surface area contributed by atoms with Crippen molar-refractivity contribution in [3.63, 3.8) is 0 Å². The van der Waals surface area contributed by atoms with Crippen LogP contribution in [0.4, 0.5) is 20.2 Å². The molecule has 2 amide bonds. The van der Waals surface area contributed by atoms with Crippen molar-refractivity contribution in [3.8, 4) is 0 Å². The van der Waals surface area contributed by atoms with E-state index in [1.165, 1.54) is 11.0 Å². The van der Waals surface area contributed by atoms with Gasteiger partial charge in [-0.2, -0.15) is 0 Å². The number of nitrogens with one attached hydrogen (secondary N) is 1. The van der Waals surface area contributed by atoms with E-state index in [-0.39, 0.29) is 35.6 Å². The molecular weight excluding hydrogens is 526 g/mol. The fraction of sp³-hybridized carbons (Fsp3) is 0.167. The predicted octanol–water partition coefficient (Wildman–Crippen LogP) is 5.33. The largest absolute Gasteiger partial charge is 0.326 e. The summed E-state index contributed by atoms with van der Waals surface area (Å²) in [6, 6.07) is 15.6. The molecule has 1 aromatic heterocycles. The minimum atomic E-state index is -0.832. The van der Waals surface area contributed by atoms with Crippen LogP contribution in [0.5, 0.6) is 0 Å². The van der Waals surface area contributed by atoms with Gasteiger partial charge in [0.1, 0.15) is 16.8 Å². The molecule has 2 aromatic carbocycles. The molecule has 174 valence electrons. The van der Waals surface area contributed by atoms with Crippen LogP contribution in [-0.2, 0) is 16.0 Å². The number of hydrogen-bond donors (Lipinski definition) is 1. The highest BCUT2D eigenvalue weighted by Gasteiger charge is 2.39. The number of aliphatic imine (C=N–C) groups is 1. The van der Waals surface area contributed by atoms with Crippen LogP contribution in [-0.4, -0.2) is 38.7 Å². The molecule has 1 unspecified atom stereocenters. The summed E-state index contributed by atoms with van der Waals surface area (Å²) in [5.74, 6) is -2.17. The van der Waals surface area contributed by atoms with Crippen molar-refractivity contribution in [2.24, 2.45) is 4.99 Å². The fourth-order valence-corrected chi connectivity index (χ4v) is 4.73. The average Bonchev–Trinajstić information content (AvgIpc) is 3.10. The van der Waals surface area contributed by atoms with Gasteiger partial charge in [-0.1, -0.05) is 33.8 Å². The number of rotatable bonds is 7. The van der Waals surface area contributed by atoms with Crippen LogP contribution in [0.3, 0.4) is 0 Å². The zero-order valence-electron chi connectivity index (χ0n) is 17.7. The smallest absolute Gasteiger partial charge is 0.242 e. The second-order valence-electron chi connectivity index (χ2n) is 7.42. The van der Waals surface area contributed by atoms with Crippen LogP contribution in [0.25, 0.3) is 0 Å². The van der Waals surface area contributed by atoms with E-state index in [1.54, 1.807) is 36.5 Å². The second kappa shape index (κ2) is 10.9. The maximum Gasteiger partial charge on any atom is 0.242 e. The van der Waals surface area contributed by atoms with Gasteiger partial charge in [-0.25, -0.2) is 13.8 Å². The number of thioether (sulfide) groups is 1. The molecule has 0 saturated carbocycles. The minimum Gasteiger partial charge on any atom is -0.326 e. The normalized spacial score (nSPS) is 16.8. The van der Waals surface area contributed by atoms with Gasteiger partial charge in [-0.15, -0.1) is 0 Å². The third-order valence-corrected chi connectivity index (χ3v) is 6.67. The standard InChI is InChI=1S/C24H19BrF2N4O2S/c25-15-4-7-18(8-5-15)29-22(32)14-21-23(33)31(12-10-17-3-1-2-11-28-17)24(34-21)30-20-9-6-16(26)13-19(20)27/h1-9,11,13,21H,10,12,14H2,(H,29,32). The maximum absolute atomic E-state index is 14.2. The lowest BCUT2D eigenvalue weighted by Crippen LogP contribution is -2.35. The molecule has 34 heavy (non-hydrogen) atoms. The summed E-state index contributed by atoms with van der Waals surface area (Å²) in [4.78, 5) is 35.7. The van der Waals surface area contributed by atoms with E-state index in [9.17, 15) is 18.4 Å². The Morgan fingerprint density at radius 3 is 2.65 bits per heavy atom. The Balaban J connectivity index is 1.52. The van der Waals surface area contributed by atoms with Crippen LogP contribution < -0.4 is 5.32 Å². The Hall–Kier alpha value is -3.11. The molecular formula is C24H19BrF2N4O2S. The number of amidine groups is 1. The zero-order chi connectivity index (χ0) is 24.1. The first-order valence-electron chi connectivity index (χ1n) is 10.4. The average molecular weight is 545 g/mol. The van der Waals surface area contributed by atoms with Crippen molar-refractivity contribution >= 4 is 56.0 Å². The summed E-state index contributed by atoms with van der Waals surface area (Å²) in [7, 11) is 0. The Labute approximate surface area is 207 Å². The third kappa shape index (κ3) is 6.06. The molecule has 0 spiro atoms. The Bertz CT molecular complexity index is 1230. The van der Waals surface area contributed by atoms with Gasteiger partial charge in [-0.05, 0) is 48.5 Å². The van der Waals surface area contributed by atoms with Crippen molar-refractivity contribution < 1.29 is 18.4 Å². The summed E-state index contributed by atoms with van der Waals surface area (Å²) in [5, 5.41) is 2.31. The van der Waals surface area contributed by atoms with E-state index in [0.717, 1.165) is 34.1 Å². The summed E-state index contributed by atoms with van der Waals surface area (Å²) in [6.07, 6.45) is 2.04. The molecule has 1 fully saturated rings. The number of amides is 2. The molecule has 0 radical (unpaired) electrons. The highest BCUT2D eigenvalue weighted by Crippen LogP contribution is 2.33. The van der Waals surface area contributed by atoms with Gasteiger partial charge in [0.2, 0.25) is 11.8 Å². The molecule has 1 saturated heterocycles. The van der Waals surface area contributed by atoms with Gasteiger partial charge >= 0.3 is 0 Å². The molecule has 10 heteroatoms. The molecule has 0 bridgehead atoms. The number of halogens is 3. The number of benzene rings is 2. The van der Waals surface area contributed by atoms with E-state index < -0.39 is 16.9 Å². The van der Waals surface area contributed by atoms with Crippen molar-refractivity contribution in [2.45, 2.75) is 18.1 Å². The monoisotopic (exact) mass is 544 g/mol. The van der Waals surface area contributed by atoms with Gasteiger partial charge < -0.3 is 5.32 Å². The fourth-order valence-electron chi connectivity index (χ4n) is 3.29. The van der Waals surface area contributed by atoms with Crippen LogP contribution in [0.15, 0.2) is 76.3 Å². The van der Waals surface area contributed by atoms with E-state index in [1.807, 2.05) is 12.1 Å². The quantitative estimate of drug-likeness (QED) is 0.436. The lowest BCUT2D eigenvalue weighted by atomic mass is 10.2. The zero-order valence-corrected chi connectivity index (χ0v) is 20.2. The Kier molecular flexibility index (Phi) is 7.69. The van der Waals surface area contributed by atoms with E-state index in [2.05, 4.69) is 31.2 Å². The SMILES string of the molecule is O=C(CC1SC(=Nc2ccc(F)cc2F)N(CCc2ccccn2)C1=O)Nc1ccc(Br)cc1. The molecule has 1 N–H and O–H groups in total. The number of pyridine rings is 1. The summed E-state index contributed by atoms with van der Waals surface area (Å²) < 4.78 is 28.4. The van der Waals surface area contributed by atoms with Gasteiger partial charge in [0.25, 0.3) is 0 Å². The molecule has 1 atom stereocenters. The highest BCUT2D eigenvalue weighted by atomic mass is 79.9. The van der Waals surface area contributed by atoms with Crippen molar-refractivity contribution in [1.29, 1.82) is 0 Å². The molecule has 3 aromatic rings. The van der Waals surface area contributed by atoms with Crippen LogP contribution in [0.2, 0.25) is 0 Å². The number of aromatic nitrogens is 1. The Morgan fingerprint density at radius 2 is 1.94 bits per heavy atom. The molecule has 4 rings (SSSR count). The van der Waals surface area contributed by atoms with Gasteiger partial charge in [0.05, 0.1) is 0 Å². The van der Waals surface area contributed by atoms with E-state index >= 15 is 0 Å². The second-order valence-corrected chi connectivity index (χ2v) is 9.50. The summed E-state index contributed by atoms with van der Waals surface area (Å²) >= 11 is 4.43. The van der Waals surface area contributed by atoms with Crippen molar-refractivity contribution in [1.82, 2.24) is 9.88 Å². The molecule has 0 aliphatic carbocycles. The van der Waals surface area contributed by atoms with Crippen molar-refractivity contribution in [3.05, 3.63) is 88.7 Å². The lowest BCUT2D eigenvalue weighted by Gasteiger charge is -2.16. The summed E-state index contributed by atoms with van der Waals surface area (Å²) in [6.45, 7) is 0.259. The molecule has 1 aliphatic heterocycles. The van der Waals surface area contributed by atoms with E-state index in [4.69, 9.17) is 0 Å². The van der Waals surface area contributed by atoms with Gasteiger partial charge in [0, 0.05) is 47.5 Å². The first kappa shape index (κ1) is 24.0. The Morgan fingerprint density at radius 1 is 1.15 bits per heavy atom. The van der Waals surface area contributed by atoms with Crippen LogP contribution >= 0.6 is 27.7 Å². The minimum absolute atomic E-state index is 0.0788. The predicted molar refractivity (Wildman–Crippen MR) is 132 cm³/mol. The molecule has 6 nitrogen and oxygen atoms in total. The number of carbonyl (C=O) groups is 2. The highest BCUT2D eigenvalue weighted by molar-refractivity contribution is 9.10. The van der Waals surface area contributed by atoms with Gasteiger partial charge in [0.15, 0.2) is 11.0 Å². The number of nitrogens with zero attached hydrogens (tertiary/aromatic N) is 3. The molecule has 1 aliphatic rings. The number of carbonyl (C=O) groups excluding carboxylic acids is 2. The van der Waals surface area contributed by atoms with Crippen LogP contribution in [0.1, 0.15) is 12.1 Å². The van der Waals surface area contributed by atoms with Gasteiger partial charge in [-0.3, -0.25) is 19.5 Å². The van der Waals surface area contributed by atoms with Crippen LogP contribution in [0, 0.1) is 11.6 Å². The summed E-state index contributed by atoms with van der Waals surface area (Å²) in [5.41, 5.74) is 1.31. The number of hydrogen-bond acceptors (Lipinski definition) is 5. The molecule has 2 heterocycles. The third-order valence-electron chi connectivity index (χ3n) is 4.96.